The van der Waals surface area contributed by atoms with Gasteiger partial charge in [-0.1, -0.05) is 11.6 Å². The van der Waals surface area contributed by atoms with Gasteiger partial charge < -0.3 is 10.1 Å². The minimum atomic E-state index is -1.56. The van der Waals surface area contributed by atoms with Crippen molar-refractivity contribution >= 4 is 23.4 Å². The van der Waals surface area contributed by atoms with Gasteiger partial charge in [-0.15, -0.1) is 0 Å². The summed E-state index contributed by atoms with van der Waals surface area (Å²) < 4.78 is 0.680. The number of nitrogens with one attached hydrogen (secondary N) is 1. The Morgan fingerprint density at radius 1 is 1.19 bits per heavy atom. The summed E-state index contributed by atoms with van der Waals surface area (Å²) in [5.41, 5.74) is -3.08. The molecule has 1 aromatic heterocycles. The number of H-pyrrole nitrogens is 1. The Hall–Kier alpha value is -2.67. The monoisotopic (exact) mass is 308 g/mol. The van der Waals surface area contributed by atoms with E-state index in [1.165, 1.54) is 24.3 Å². The summed E-state index contributed by atoms with van der Waals surface area (Å²) in [5.74, 6) is -2.31. The number of hydrogen-bond acceptors (Lipinski definition) is 4. The van der Waals surface area contributed by atoms with E-state index in [0.717, 1.165) is 6.92 Å². The first-order valence-electron chi connectivity index (χ1n) is 5.72. The highest BCUT2D eigenvalue weighted by Crippen LogP contribution is 2.11. The smallest absolute Gasteiger partial charge is 0.353 e. The summed E-state index contributed by atoms with van der Waals surface area (Å²) in [6, 6.07) is 5.73. The predicted molar refractivity (Wildman–Crippen MR) is 74.6 cm³/mol. The van der Waals surface area contributed by atoms with Crippen LogP contribution < -0.4 is 11.2 Å². The Kier molecular flexibility index (Phi) is 3.77. The molecule has 21 heavy (non-hydrogen) atoms. The lowest BCUT2D eigenvalue weighted by Gasteiger charge is -2.08. The maximum absolute atomic E-state index is 12.3. The van der Waals surface area contributed by atoms with Gasteiger partial charge in [-0.25, -0.2) is 14.2 Å². The fourth-order valence-corrected chi connectivity index (χ4v) is 1.97. The van der Waals surface area contributed by atoms with Crippen molar-refractivity contribution in [1.82, 2.24) is 9.55 Å². The number of rotatable bonds is 3. The van der Waals surface area contributed by atoms with Crippen LogP contribution in [0.2, 0.25) is 5.02 Å². The molecular weight excluding hydrogens is 300 g/mol. The predicted octanol–water partition coefficient (Wildman–Crippen LogP) is 1.08. The third kappa shape index (κ3) is 2.63. The van der Waals surface area contributed by atoms with Crippen LogP contribution in [-0.2, 0) is 0 Å². The molecule has 0 aliphatic heterocycles. The number of halogens is 1. The second-order valence-electron chi connectivity index (χ2n) is 4.16. The number of aromatic nitrogens is 2. The van der Waals surface area contributed by atoms with E-state index in [4.69, 9.17) is 16.7 Å². The summed E-state index contributed by atoms with van der Waals surface area (Å²) in [4.78, 5) is 48.8. The second kappa shape index (κ2) is 5.37. The molecule has 0 radical (unpaired) electrons. The van der Waals surface area contributed by atoms with Crippen LogP contribution in [-0.4, -0.2) is 26.4 Å². The lowest BCUT2D eigenvalue weighted by molar-refractivity contribution is 0.0684. The first kappa shape index (κ1) is 14.7. The summed E-state index contributed by atoms with van der Waals surface area (Å²) in [6.45, 7) is 1.05. The van der Waals surface area contributed by atoms with Crippen LogP contribution in [0.3, 0.4) is 0 Å². The maximum Gasteiger partial charge on any atom is 0.353 e. The van der Waals surface area contributed by atoms with Crippen molar-refractivity contribution < 1.29 is 14.7 Å². The molecule has 1 heterocycles. The number of Topliss-reactive ketones (excluding diaryl/α,β-unsaturated/α-hetero) is 1. The Labute approximate surface area is 122 Å². The van der Waals surface area contributed by atoms with Crippen LogP contribution in [0.15, 0.2) is 33.9 Å². The molecule has 0 saturated heterocycles. The van der Waals surface area contributed by atoms with Crippen molar-refractivity contribution in [2.24, 2.45) is 0 Å². The van der Waals surface area contributed by atoms with Crippen molar-refractivity contribution in [2.45, 2.75) is 6.92 Å². The molecule has 0 atom stereocenters. The minimum absolute atomic E-state index is 0.171. The SMILES string of the molecule is CC(=O)c1c(C(=O)O)[nH]c(=O)n(-c2ccc(Cl)cc2)c1=O. The molecule has 0 amide bonds. The minimum Gasteiger partial charge on any atom is -0.477 e. The summed E-state index contributed by atoms with van der Waals surface area (Å²) in [6.07, 6.45) is 0. The summed E-state index contributed by atoms with van der Waals surface area (Å²) in [7, 11) is 0. The number of carboxylic acids is 1. The number of carbonyl (C=O) groups excluding carboxylic acids is 1. The number of carboxylic acid groups (broad SMARTS) is 1. The van der Waals surface area contributed by atoms with E-state index in [1.807, 2.05) is 4.98 Å². The van der Waals surface area contributed by atoms with Gasteiger partial charge in [-0.2, -0.15) is 0 Å². The largest absolute Gasteiger partial charge is 0.477 e. The van der Waals surface area contributed by atoms with Gasteiger partial charge in [-0.05, 0) is 31.2 Å². The molecule has 8 heteroatoms. The highest BCUT2D eigenvalue weighted by atomic mass is 35.5. The van der Waals surface area contributed by atoms with Crippen molar-refractivity contribution in [1.29, 1.82) is 0 Å². The third-order valence-electron chi connectivity index (χ3n) is 2.75. The lowest BCUT2D eigenvalue weighted by Crippen LogP contribution is -2.39. The van der Waals surface area contributed by atoms with Crippen LogP contribution in [0, 0.1) is 0 Å². The van der Waals surface area contributed by atoms with Gasteiger partial charge in [0.05, 0.1) is 5.69 Å². The number of benzene rings is 1. The van der Waals surface area contributed by atoms with Crippen molar-refractivity contribution in [3.8, 4) is 5.69 Å². The molecule has 0 saturated carbocycles. The number of aromatic carboxylic acids is 1. The summed E-state index contributed by atoms with van der Waals surface area (Å²) in [5, 5.41) is 9.37. The first-order chi connectivity index (χ1) is 9.82. The number of aromatic amines is 1. The zero-order chi connectivity index (χ0) is 15.7. The van der Waals surface area contributed by atoms with Crippen LogP contribution in [0.1, 0.15) is 27.8 Å². The van der Waals surface area contributed by atoms with Crippen LogP contribution in [0.5, 0.6) is 0 Å². The van der Waals surface area contributed by atoms with E-state index < -0.39 is 34.3 Å². The third-order valence-corrected chi connectivity index (χ3v) is 3.00. The number of ketones is 1. The normalized spacial score (nSPS) is 10.4. The van der Waals surface area contributed by atoms with E-state index in [0.29, 0.717) is 9.59 Å². The molecule has 0 bridgehead atoms. The van der Waals surface area contributed by atoms with Gasteiger partial charge in [0.1, 0.15) is 11.3 Å². The zero-order valence-corrected chi connectivity index (χ0v) is 11.5. The Balaban J connectivity index is 2.86. The van der Waals surface area contributed by atoms with Gasteiger partial charge >= 0.3 is 11.7 Å². The fourth-order valence-electron chi connectivity index (χ4n) is 1.85. The highest BCUT2D eigenvalue weighted by Gasteiger charge is 2.22. The standard InChI is InChI=1S/C13H9ClN2O5/c1-6(17)9-10(12(19)20)15-13(21)16(11(9)18)8-4-2-7(14)3-5-8/h2-5H,1H3,(H,15,21)(H,19,20). The lowest BCUT2D eigenvalue weighted by atomic mass is 10.1. The zero-order valence-electron chi connectivity index (χ0n) is 10.7. The molecule has 2 rings (SSSR count). The van der Waals surface area contributed by atoms with Crippen molar-refractivity contribution in [2.75, 3.05) is 0 Å². The van der Waals surface area contributed by atoms with E-state index >= 15 is 0 Å². The van der Waals surface area contributed by atoms with E-state index in [-0.39, 0.29) is 5.69 Å². The molecule has 0 spiro atoms. The van der Waals surface area contributed by atoms with Gasteiger partial charge in [0, 0.05) is 5.02 Å². The van der Waals surface area contributed by atoms with Crippen molar-refractivity contribution in [3.63, 3.8) is 0 Å². The number of nitrogens with zero attached hydrogens (tertiary/aromatic N) is 1. The molecule has 2 aromatic rings. The Morgan fingerprint density at radius 2 is 1.76 bits per heavy atom. The number of carbonyl (C=O) groups is 2. The average Bonchev–Trinajstić information content (AvgIpc) is 2.39. The molecule has 7 nitrogen and oxygen atoms in total. The number of hydrogen-bond donors (Lipinski definition) is 2. The van der Waals surface area contributed by atoms with Gasteiger partial charge in [0.25, 0.3) is 5.56 Å². The van der Waals surface area contributed by atoms with E-state index in [2.05, 4.69) is 0 Å². The molecule has 1 aromatic carbocycles. The van der Waals surface area contributed by atoms with E-state index in [9.17, 15) is 19.2 Å². The second-order valence-corrected chi connectivity index (χ2v) is 4.59. The summed E-state index contributed by atoms with van der Waals surface area (Å²) >= 11 is 5.72. The van der Waals surface area contributed by atoms with Crippen LogP contribution in [0.4, 0.5) is 0 Å². The molecule has 0 unspecified atom stereocenters. The van der Waals surface area contributed by atoms with Crippen LogP contribution >= 0.6 is 11.6 Å². The molecule has 0 fully saturated rings. The molecule has 0 aliphatic carbocycles. The van der Waals surface area contributed by atoms with Gasteiger partial charge in [-0.3, -0.25) is 9.59 Å². The Morgan fingerprint density at radius 3 is 2.24 bits per heavy atom. The quantitative estimate of drug-likeness (QED) is 0.825. The molecule has 0 aliphatic rings. The van der Waals surface area contributed by atoms with Crippen molar-refractivity contribution in [3.05, 3.63) is 61.4 Å². The van der Waals surface area contributed by atoms with E-state index in [1.54, 1.807) is 0 Å². The Bertz CT molecular complexity index is 848. The van der Waals surface area contributed by atoms with Gasteiger partial charge in [0.2, 0.25) is 0 Å². The fraction of sp³-hybridized carbons (Fsp3) is 0.0769. The van der Waals surface area contributed by atoms with Crippen LogP contribution in [0.25, 0.3) is 5.69 Å². The highest BCUT2D eigenvalue weighted by molar-refractivity contribution is 6.30. The average molecular weight is 309 g/mol. The van der Waals surface area contributed by atoms with Gasteiger partial charge in [0.15, 0.2) is 5.78 Å². The molecule has 108 valence electrons. The molecular formula is C13H9ClN2O5. The maximum atomic E-state index is 12.3. The first-order valence-corrected chi connectivity index (χ1v) is 6.10. The molecule has 2 N–H and O–H groups in total. The topological polar surface area (TPSA) is 109 Å².